The summed E-state index contributed by atoms with van der Waals surface area (Å²) >= 11 is 0. The van der Waals surface area contributed by atoms with Crippen LogP contribution in [0.25, 0.3) is 0 Å². The topological polar surface area (TPSA) is 56.0 Å². The first-order valence-corrected chi connectivity index (χ1v) is 5.47. The second-order valence-corrected chi connectivity index (χ2v) is 4.21. The summed E-state index contributed by atoms with van der Waals surface area (Å²) in [5, 5.41) is 0. The maximum atomic E-state index is 12.0. The molecular weight excluding hydrogens is 188 g/mol. The number of aromatic nitrogens is 1. The van der Waals surface area contributed by atoms with E-state index in [1.807, 2.05) is 0 Å². The number of hydrogen-bond acceptors (Lipinski definition) is 3. The van der Waals surface area contributed by atoms with Crippen molar-refractivity contribution in [2.75, 3.05) is 0 Å². The van der Waals surface area contributed by atoms with Gasteiger partial charge in [-0.15, -0.1) is 0 Å². The molecule has 0 unspecified atom stereocenters. The van der Waals surface area contributed by atoms with Gasteiger partial charge in [-0.2, -0.15) is 0 Å². The fraction of sp³-hybridized carbons (Fsp3) is 0.500. The normalized spacial score (nSPS) is 26.2. The SMILES string of the molecule is NC1CCC(C(=O)c2ccncc2)CC1. The Labute approximate surface area is 89.7 Å². The molecule has 1 aliphatic rings. The maximum Gasteiger partial charge on any atom is 0.166 e. The minimum absolute atomic E-state index is 0.173. The lowest BCUT2D eigenvalue weighted by atomic mass is 9.82. The van der Waals surface area contributed by atoms with Gasteiger partial charge in [0.1, 0.15) is 0 Å². The van der Waals surface area contributed by atoms with Gasteiger partial charge in [0, 0.05) is 29.9 Å². The number of Topliss-reactive ketones (excluding diaryl/α,β-unsaturated/α-hetero) is 1. The van der Waals surface area contributed by atoms with Crippen molar-refractivity contribution >= 4 is 5.78 Å². The zero-order valence-electron chi connectivity index (χ0n) is 8.73. The lowest BCUT2D eigenvalue weighted by Crippen LogP contribution is -2.29. The Morgan fingerprint density at radius 3 is 2.40 bits per heavy atom. The van der Waals surface area contributed by atoms with Gasteiger partial charge in [0.15, 0.2) is 5.78 Å². The molecule has 0 bridgehead atoms. The van der Waals surface area contributed by atoms with Crippen LogP contribution in [0.15, 0.2) is 24.5 Å². The molecular formula is C12H16N2O. The molecule has 1 aliphatic carbocycles. The molecule has 0 saturated heterocycles. The van der Waals surface area contributed by atoms with E-state index < -0.39 is 0 Å². The highest BCUT2D eigenvalue weighted by molar-refractivity contribution is 5.97. The van der Waals surface area contributed by atoms with Gasteiger partial charge in [-0.25, -0.2) is 0 Å². The molecule has 80 valence electrons. The van der Waals surface area contributed by atoms with Gasteiger partial charge in [0.25, 0.3) is 0 Å². The zero-order chi connectivity index (χ0) is 10.7. The van der Waals surface area contributed by atoms with Gasteiger partial charge in [-0.1, -0.05) is 0 Å². The molecule has 0 spiro atoms. The Bertz CT molecular complexity index is 329. The summed E-state index contributed by atoms with van der Waals surface area (Å²) in [7, 11) is 0. The van der Waals surface area contributed by atoms with E-state index in [2.05, 4.69) is 4.98 Å². The van der Waals surface area contributed by atoms with Gasteiger partial charge in [-0.3, -0.25) is 9.78 Å². The van der Waals surface area contributed by atoms with E-state index in [9.17, 15) is 4.79 Å². The fourth-order valence-corrected chi connectivity index (χ4v) is 2.13. The first-order valence-electron chi connectivity index (χ1n) is 5.47. The number of nitrogens with two attached hydrogens (primary N) is 1. The van der Waals surface area contributed by atoms with Crippen LogP contribution in [0.4, 0.5) is 0 Å². The lowest BCUT2D eigenvalue weighted by Gasteiger charge is -2.24. The van der Waals surface area contributed by atoms with Crippen molar-refractivity contribution in [3.05, 3.63) is 30.1 Å². The van der Waals surface area contributed by atoms with Crippen LogP contribution in [-0.2, 0) is 0 Å². The Hall–Kier alpha value is -1.22. The highest BCUT2D eigenvalue weighted by atomic mass is 16.1. The number of carbonyl (C=O) groups is 1. The molecule has 0 amide bonds. The van der Waals surface area contributed by atoms with E-state index in [0.29, 0.717) is 6.04 Å². The van der Waals surface area contributed by atoms with Crippen LogP contribution < -0.4 is 5.73 Å². The minimum atomic E-state index is 0.173. The number of nitrogens with zero attached hydrogens (tertiary/aromatic N) is 1. The highest BCUT2D eigenvalue weighted by Gasteiger charge is 2.25. The largest absolute Gasteiger partial charge is 0.328 e. The average molecular weight is 204 g/mol. The Balaban J connectivity index is 2.03. The van der Waals surface area contributed by atoms with Crippen molar-refractivity contribution < 1.29 is 4.79 Å². The summed E-state index contributed by atoms with van der Waals surface area (Å²) in [6.07, 6.45) is 7.15. The number of ketones is 1. The van der Waals surface area contributed by atoms with Gasteiger partial charge in [-0.05, 0) is 37.8 Å². The smallest absolute Gasteiger partial charge is 0.166 e. The Kier molecular flexibility index (Phi) is 3.11. The molecule has 1 heterocycles. The third-order valence-corrected chi connectivity index (χ3v) is 3.11. The first kappa shape index (κ1) is 10.3. The molecule has 1 aromatic rings. The summed E-state index contributed by atoms with van der Waals surface area (Å²) in [5.74, 6) is 0.427. The van der Waals surface area contributed by atoms with Crippen molar-refractivity contribution in [3.63, 3.8) is 0 Å². The van der Waals surface area contributed by atoms with E-state index in [4.69, 9.17) is 5.73 Å². The molecule has 0 radical (unpaired) electrons. The number of hydrogen-bond donors (Lipinski definition) is 1. The first-order chi connectivity index (χ1) is 7.27. The third-order valence-electron chi connectivity index (χ3n) is 3.11. The Morgan fingerprint density at radius 1 is 1.20 bits per heavy atom. The summed E-state index contributed by atoms with van der Waals surface area (Å²) < 4.78 is 0. The summed E-state index contributed by atoms with van der Waals surface area (Å²) in [6.45, 7) is 0. The fourth-order valence-electron chi connectivity index (χ4n) is 2.13. The monoisotopic (exact) mass is 204 g/mol. The lowest BCUT2D eigenvalue weighted by molar-refractivity contribution is 0.0884. The highest BCUT2D eigenvalue weighted by Crippen LogP contribution is 2.26. The van der Waals surface area contributed by atoms with E-state index in [1.165, 1.54) is 0 Å². The number of rotatable bonds is 2. The van der Waals surface area contributed by atoms with Crippen LogP contribution in [0.3, 0.4) is 0 Å². The molecule has 2 rings (SSSR count). The summed E-state index contributed by atoms with van der Waals surface area (Å²) in [5.41, 5.74) is 6.60. The molecule has 1 aromatic heterocycles. The maximum absolute atomic E-state index is 12.0. The molecule has 0 aliphatic heterocycles. The van der Waals surface area contributed by atoms with Gasteiger partial charge < -0.3 is 5.73 Å². The molecule has 0 atom stereocenters. The third kappa shape index (κ3) is 2.42. The van der Waals surface area contributed by atoms with Gasteiger partial charge in [0.2, 0.25) is 0 Å². The predicted octanol–water partition coefficient (Wildman–Crippen LogP) is 1.78. The van der Waals surface area contributed by atoms with E-state index in [0.717, 1.165) is 31.2 Å². The molecule has 3 heteroatoms. The number of carbonyl (C=O) groups excluding carboxylic acids is 1. The molecule has 1 fully saturated rings. The molecule has 15 heavy (non-hydrogen) atoms. The summed E-state index contributed by atoms with van der Waals surface area (Å²) in [4.78, 5) is 16.0. The van der Waals surface area contributed by atoms with Crippen LogP contribution >= 0.6 is 0 Å². The van der Waals surface area contributed by atoms with Crippen LogP contribution in [0.5, 0.6) is 0 Å². The van der Waals surface area contributed by atoms with E-state index in [-0.39, 0.29) is 11.7 Å². The average Bonchev–Trinajstić information content (AvgIpc) is 2.30. The number of pyridine rings is 1. The van der Waals surface area contributed by atoms with E-state index in [1.54, 1.807) is 24.5 Å². The van der Waals surface area contributed by atoms with Crippen LogP contribution in [0.1, 0.15) is 36.0 Å². The van der Waals surface area contributed by atoms with Crippen molar-refractivity contribution in [1.82, 2.24) is 4.98 Å². The van der Waals surface area contributed by atoms with Gasteiger partial charge in [0.05, 0.1) is 0 Å². The minimum Gasteiger partial charge on any atom is -0.328 e. The molecule has 0 aromatic carbocycles. The summed E-state index contributed by atoms with van der Waals surface area (Å²) in [6, 6.07) is 3.87. The van der Waals surface area contributed by atoms with Crippen LogP contribution in [-0.4, -0.2) is 16.8 Å². The van der Waals surface area contributed by atoms with Crippen LogP contribution in [0, 0.1) is 5.92 Å². The van der Waals surface area contributed by atoms with E-state index >= 15 is 0 Å². The standard InChI is InChI=1S/C12H16N2O/c13-11-3-1-9(2-4-11)12(15)10-5-7-14-8-6-10/h5-9,11H,1-4,13H2. The molecule has 1 saturated carbocycles. The van der Waals surface area contributed by atoms with Crippen molar-refractivity contribution in [2.45, 2.75) is 31.7 Å². The van der Waals surface area contributed by atoms with Crippen molar-refractivity contribution in [3.8, 4) is 0 Å². The Morgan fingerprint density at radius 2 is 1.80 bits per heavy atom. The predicted molar refractivity (Wildman–Crippen MR) is 58.5 cm³/mol. The second kappa shape index (κ2) is 4.53. The van der Waals surface area contributed by atoms with Crippen LogP contribution in [0.2, 0.25) is 0 Å². The molecule has 2 N–H and O–H groups in total. The van der Waals surface area contributed by atoms with Crippen molar-refractivity contribution in [1.29, 1.82) is 0 Å². The zero-order valence-corrected chi connectivity index (χ0v) is 8.73. The van der Waals surface area contributed by atoms with Gasteiger partial charge >= 0.3 is 0 Å². The molecule has 3 nitrogen and oxygen atoms in total. The van der Waals surface area contributed by atoms with Crippen molar-refractivity contribution in [2.24, 2.45) is 11.7 Å². The second-order valence-electron chi connectivity index (χ2n) is 4.21. The quantitative estimate of drug-likeness (QED) is 0.747.